The molecule has 6 nitrogen and oxygen atoms in total. The number of aryl methyl sites for hydroxylation is 1. The number of carbonyl (C=O) groups excluding carboxylic acids is 2. The summed E-state index contributed by atoms with van der Waals surface area (Å²) in [6.07, 6.45) is -1.76. The van der Waals surface area contributed by atoms with Gasteiger partial charge in [-0.25, -0.2) is 0 Å². The number of halogens is 3. The third kappa shape index (κ3) is 5.71. The molecule has 1 aromatic heterocycles. The number of aromatic nitrogens is 1. The van der Waals surface area contributed by atoms with E-state index in [1.165, 1.54) is 0 Å². The molecule has 1 aliphatic carbocycles. The zero-order valence-corrected chi connectivity index (χ0v) is 17.6. The van der Waals surface area contributed by atoms with Crippen LogP contribution in [0.4, 0.5) is 13.2 Å². The smallest absolute Gasteiger partial charge is 0.422 e. The highest BCUT2D eigenvalue weighted by Crippen LogP contribution is 2.32. The number of benzene rings is 1. The summed E-state index contributed by atoms with van der Waals surface area (Å²) in [5.74, 6) is -2.03. The molecule has 9 heteroatoms. The van der Waals surface area contributed by atoms with Gasteiger partial charge in [0, 0.05) is 23.1 Å². The van der Waals surface area contributed by atoms with Crippen molar-refractivity contribution >= 4 is 22.8 Å². The van der Waals surface area contributed by atoms with E-state index in [0.717, 1.165) is 34.3 Å². The van der Waals surface area contributed by atoms with Crippen LogP contribution in [0.15, 0.2) is 18.2 Å². The Hall–Kier alpha value is -2.71. The number of nitrogens with one attached hydrogen (secondary N) is 2. The van der Waals surface area contributed by atoms with Gasteiger partial charge >= 0.3 is 12.1 Å². The average molecular weight is 440 g/mol. The van der Waals surface area contributed by atoms with Crippen LogP contribution in [0.1, 0.15) is 36.9 Å². The first kappa shape index (κ1) is 23.0. The number of hydrogen-bond acceptors (Lipinski definition) is 4. The Kier molecular flexibility index (Phi) is 7.12. The Bertz CT molecular complexity index is 939. The van der Waals surface area contributed by atoms with Crippen LogP contribution in [-0.2, 0) is 20.7 Å². The molecule has 1 saturated carbocycles. The van der Waals surface area contributed by atoms with Crippen molar-refractivity contribution in [2.75, 3.05) is 20.3 Å². The number of rotatable bonds is 7. The van der Waals surface area contributed by atoms with Crippen molar-refractivity contribution in [1.29, 1.82) is 0 Å². The lowest BCUT2D eigenvalue weighted by atomic mass is 9.78. The molecule has 1 fully saturated rings. The molecule has 0 aliphatic heterocycles. The van der Waals surface area contributed by atoms with Crippen molar-refractivity contribution in [1.82, 2.24) is 10.3 Å². The topological polar surface area (TPSA) is 80.4 Å². The quantitative estimate of drug-likeness (QED) is 0.637. The number of alkyl halides is 3. The Morgan fingerprint density at radius 2 is 1.90 bits per heavy atom. The van der Waals surface area contributed by atoms with Crippen LogP contribution < -0.4 is 10.1 Å². The van der Waals surface area contributed by atoms with Crippen molar-refractivity contribution in [3.63, 3.8) is 0 Å². The van der Waals surface area contributed by atoms with E-state index < -0.39 is 30.6 Å². The molecule has 0 spiro atoms. The van der Waals surface area contributed by atoms with Gasteiger partial charge in [0.25, 0.3) is 0 Å². The van der Waals surface area contributed by atoms with Gasteiger partial charge in [-0.15, -0.1) is 0 Å². The summed E-state index contributed by atoms with van der Waals surface area (Å²) in [5, 5.41) is 3.87. The van der Waals surface area contributed by atoms with Crippen LogP contribution in [0.25, 0.3) is 10.9 Å². The first-order valence-electron chi connectivity index (χ1n) is 10.4. The molecule has 31 heavy (non-hydrogen) atoms. The summed E-state index contributed by atoms with van der Waals surface area (Å²) in [6.45, 7) is 0.683. The van der Waals surface area contributed by atoms with Crippen molar-refractivity contribution in [3.05, 3.63) is 29.5 Å². The zero-order valence-electron chi connectivity index (χ0n) is 17.6. The van der Waals surface area contributed by atoms with E-state index in [9.17, 15) is 22.8 Å². The fourth-order valence-corrected chi connectivity index (χ4v) is 4.24. The number of methoxy groups -OCH3 is 1. The minimum Gasteiger partial charge on any atom is -0.497 e. The van der Waals surface area contributed by atoms with Gasteiger partial charge in [0.2, 0.25) is 5.91 Å². The fraction of sp³-hybridized carbons (Fsp3) is 0.545. The molecule has 170 valence electrons. The number of hydrogen-bond donors (Lipinski definition) is 2. The van der Waals surface area contributed by atoms with E-state index in [1.54, 1.807) is 7.11 Å². The molecule has 1 amide bonds. The number of carbonyl (C=O) groups is 2. The number of fused-ring (bicyclic) bond motifs is 1. The van der Waals surface area contributed by atoms with Gasteiger partial charge in [0.15, 0.2) is 6.61 Å². The molecule has 2 atom stereocenters. The van der Waals surface area contributed by atoms with Crippen LogP contribution in [0.2, 0.25) is 0 Å². The first-order valence-corrected chi connectivity index (χ1v) is 10.4. The Morgan fingerprint density at radius 3 is 2.58 bits per heavy atom. The van der Waals surface area contributed by atoms with E-state index in [4.69, 9.17) is 4.74 Å². The molecule has 0 saturated heterocycles. The number of H-pyrrole nitrogens is 1. The summed E-state index contributed by atoms with van der Waals surface area (Å²) in [7, 11) is 1.60. The summed E-state index contributed by atoms with van der Waals surface area (Å²) in [5.41, 5.74) is 3.02. The molecule has 1 aromatic carbocycles. The van der Waals surface area contributed by atoms with Gasteiger partial charge in [-0.2, -0.15) is 13.2 Å². The highest BCUT2D eigenvalue weighted by Gasteiger charge is 2.38. The van der Waals surface area contributed by atoms with Gasteiger partial charge in [-0.05, 0) is 49.9 Å². The molecule has 1 aliphatic rings. The number of esters is 1. The van der Waals surface area contributed by atoms with E-state index in [2.05, 4.69) is 15.0 Å². The standard InChI is InChI=1S/C22H27F3N2O4/c1-13-15(18-11-14(30-2)7-8-19(18)27-13)9-10-26-20(28)16-5-3-4-6-17(16)21(29)31-12-22(23,24)25/h7-8,11,16-17,27H,3-6,9-10,12H2,1-2H3,(H,26,28)/t16-,17+/m0/s1. The van der Waals surface area contributed by atoms with Crippen LogP contribution in [-0.4, -0.2) is 43.3 Å². The molecule has 2 N–H and O–H groups in total. The molecule has 0 unspecified atom stereocenters. The SMILES string of the molecule is COc1ccc2[nH]c(C)c(CCNC(=O)[C@H]3CCCC[C@H]3C(=O)OCC(F)(F)F)c2c1. The van der Waals surface area contributed by atoms with Gasteiger partial charge in [0.05, 0.1) is 18.9 Å². The highest BCUT2D eigenvalue weighted by molar-refractivity contribution is 5.87. The Morgan fingerprint density at radius 1 is 1.19 bits per heavy atom. The second kappa shape index (κ2) is 9.62. The lowest BCUT2D eigenvalue weighted by molar-refractivity contribution is -0.191. The Balaban J connectivity index is 1.61. The van der Waals surface area contributed by atoms with E-state index in [-0.39, 0.29) is 5.91 Å². The van der Waals surface area contributed by atoms with Crippen molar-refractivity contribution in [2.45, 2.75) is 45.2 Å². The fourth-order valence-electron chi connectivity index (χ4n) is 4.24. The third-order valence-corrected chi connectivity index (χ3v) is 5.78. The summed E-state index contributed by atoms with van der Waals surface area (Å²) < 4.78 is 46.8. The largest absolute Gasteiger partial charge is 0.497 e. The van der Waals surface area contributed by atoms with Crippen LogP contribution in [0.3, 0.4) is 0 Å². The Labute approximate surface area is 178 Å². The maximum atomic E-state index is 12.7. The second-order valence-electron chi connectivity index (χ2n) is 7.90. The molecular formula is C22H27F3N2O4. The van der Waals surface area contributed by atoms with E-state index in [1.807, 2.05) is 25.1 Å². The lowest BCUT2D eigenvalue weighted by Crippen LogP contribution is -2.41. The van der Waals surface area contributed by atoms with Gasteiger partial charge in [-0.3, -0.25) is 9.59 Å². The first-order chi connectivity index (χ1) is 14.7. The van der Waals surface area contributed by atoms with Gasteiger partial charge in [-0.1, -0.05) is 12.8 Å². The third-order valence-electron chi connectivity index (χ3n) is 5.78. The van der Waals surface area contributed by atoms with Crippen molar-refractivity contribution in [3.8, 4) is 5.75 Å². The molecule has 1 heterocycles. The average Bonchev–Trinajstić information content (AvgIpc) is 3.05. The van der Waals surface area contributed by atoms with Crippen molar-refractivity contribution in [2.24, 2.45) is 11.8 Å². The van der Waals surface area contributed by atoms with Crippen molar-refractivity contribution < 1.29 is 32.2 Å². The maximum absolute atomic E-state index is 12.7. The predicted molar refractivity (Wildman–Crippen MR) is 109 cm³/mol. The summed E-state index contributed by atoms with van der Waals surface area (Å²) >= 11 is 0. The number of amides is 1. The number of aromatic amines is 1. The molecule has 0 radical (unpaired) electrons. The monoisotopic (exact) mass is 440 g/mol. The molecule has 3 rings (SSSR count). The van der Waals surface area contributed by atoms with E-state index in [0.29, 0.717) is 32.2 Å². The molecular weight excluding hydrogens is 413 g/mol. The molecule has 2 aromatic rings. The summed E-state index contributed by atoms with van der Waals surface area (Å²) in [4.78, 5) is 28.2. The minimum atomic E-state index is -4.58. The van der Waals surface area contributed by atoms with Crippen LogP contribution in [0.5, 0.6) is 5.75 Å². The number of ether oxygens (including phenoxy) is 2. The second-order valence-corrected chi connectivity index (χ2v) is 7.90. The van der Waals surface area contributed by atoms with E-state index >= 15 is 0 Å². The molecule has 0 bridgehead atoms. The van der Waals surface area contributed by atoms with Gasteiger partial charge < -0.3 is 19.8 Å². The predicted octanol–water partition coefficient (Wildman–Crippen LogP) is 4.06. The normalized spacial score (nSPS) is 19.3. The lowest BCUT2D eigenvalue weighted by Gasteiger charge is -2.29. The van der Waals surface area contributed by atoms with Gasteiger partial charge in [0.1, 0.15) is 5.75 Å². The maximum Gasteiger partial charge on any atom is 0.422 e. The van der Waals surface area contributed by atoms with Crippen LogP contribution in [0, 0.1) is 18.8 Å². The minimum absolute atomic E-state index is 0.316. The highest BCUT2D eigenvalue weighted by atomic mass is 19.4. The zero-order chi connectivity index (χ0) is 22.6. The van der Waals surface area contributed by atoms with Crippen LogP contribution >= 0.6 is 0 Å². The summed E-state index contributed by atoms with van der Waals surface area (Å²) in [6, 6.07) is 5.73.